The number of hydrogen-bond donors (Lipinski definition) is 2. The van der Waals surface area contributed by atoms with E-state index in [1.807, 2.05) is 0 Å². The third kappa shape index (κ3) is 7.49. The van der Waals surface area contributed by atoms with Gasteiger partial charge in [-0.05, 0) is 36.4 Å². The molecule has 2 aromatic rings. The molecule has 2 rings (SSSR count). The molecule has 0 aliphatic carbocycles. The second-order valence-electron chi connectivity index (χ2n) is 5.28. The summed E-state index contributed by atoms with van der Waals surface area (Å²) in [6.07, 6.45) is 1.01. The topological polar surface area (TPSA) is 125 Å². The first kappa shape index (κ1) is 23.9. The minimum Gasteiger partial charge on any atom is -0.465 e. The van der Waals surface area contributed by atoms with Crippen LogP contribution in [0.3, 0.4) is 0 Å². The fourth-order valence-electron chi connectivity index (χ4n) is 1.90. The van der Waals surface area contributed by atoms with Crippen LogP contribution in [0.5, 0.6) is 0 Å². The van der Waals surface area contributed by atoms with Crippen LogP contribution in [-0.4, -0.2) is 40.8 Å². The summed E-state index contributed by atoms with van der Waals surface area (Å²) in [5, 5.41) is 0. The fraction of sp³-hybridized carbons (Fsp3) is 0.176. The van der Waals surface area contributed by atoms with Gasteiger partial charge in [0, 0.05) is 14.6 Å². The minimum absolute atomic E-state index is 0.155. The maximum Gasteiger partial charge on any atom is 0.340 e. The Morgan fingerprint density at radius 2 is 1.39 bits per heavy atom. The van der Waals surface area contributed by atoms with Crippen molar-refractivity contribution in [3.63, 3.8) is 0 Å². The van der Waals surface area contributed by atoms with E-state index in [0.29, 0.717) is 15.7 Å². The molecule has 0 unspecified atom stereocenters. The molecule has 3 N–H and O–H groups in total. The highest BCUT2D eigenvalue weighted by Crippen LogP contribution is 2.22. The van der Waals surface area contributed by atoms with Crippen molar-refractivity contribution in [2.45, 2.75) is 0 Å². The Morgan fingerprint density at radius 1 is 0.929 bits per heavy atom. The number of ether oxygens (including phenoxy) is 2. The Labute approximate surface area is 179 Å². The number of halogens is 2. The number of carbonyl (C=O) groups excluding carboxylic acids is 2. The summed E-state index contributed by atoms with van der Waals surface area (Å²) in [5.41, 5.74) is 6.69. The van der Waals surface area contributed by atoms with Gasteiger partial charge in [-0.25, -0.2) is 18.0 Å². The Balaban J connectivity index is 0.000000292. The molecule has 0 aliphatic rings. The van der Waals surface area contributed by atoms with Gasteiger partial charge in [-0.1, -0.05) is 31.9 Å². The number of carbonyl (C=O) groups is 2. The number of nitrogen functional groups attached to an aromatic ring is 1. The van der Waals surface area contributed by atoms with Crippen LogP contribution in [0.25, 0.3) is 0 Å². The Bertz CT molecular complexity index is 980. The molecule has 8 nitrogen and oxygen atoms in total. The van der Waals surface area contributed by atoms with Gasteiger partial charge in [0.1, 0.15) is 0 Å². The van der Waals surface area contributed by atoms with Gasteiger partial charge in [0.2, 0.25) is 10.0 Å². The van der Waals surface area contributed by atoms with Gasteiger partial charge in [-0.15, -0.1) is 0 Å². The highest BCUT2D eigenvalue weighted by Gasteiger charge is 2.14. The van der Waals surface area contributed by atoms with Crippen molar-refractivity contribution >= 4 is 65.2 Å². The van der Waals surface area contributed by atoms with Gasteiger partial charge in [-0.2, -0.15) is 0 Å². The summed E-state index contributed by atoms with van der Waals surface area (Å²) >= 11 is 6.42. The maximum absolute atomic E-state index is 11.4. The monoisotopic (exact) mass is 536 g/mol. The van der Waals surface area contributed by atoms with E-state index in [9.17, 15) is 18.0 Å². The molecule has 0 saturated carbocycles. The molecule has 0 saturated heterocycles. The molecule has 28 heavy (non-hydrogen) atoms. The number of hydrogen-bond acceptors (Lipinski definition) is 7. The summed E-state index contributed by atoms with van der Waals surface area (Å²) in [6.45, 7) is 0. The fourth-order valence-corrected chi connectivity index (χ4v) is 3.20. The van der Waals surface area contributed by atoms with E-state index in [1.54, 1.807) is 24.3 Å². The number of methoxy groups -OCH3 is 2. The highest BCUT2D eigenvalue weighted by atomic mass is 79.9. The lowest BCUT2D eigenvalue weighted by Gasteiger charge is -2.09. The summed E-state index contributed by atoms with van der Waals surface area (Å²) < 4.78 is 34.9. The van der Waals surface area contributed by atoms with Crippen LogP contribution in [0.1, 0.15) is 20.7 Å². The summed E-state index contributed by atoms with van der Waals surface area (Å²) in [6, 6.07) is 9.63. The van der Waals surface area contributed by atoms with E-state index >= 15 is 0 Å². The van der Waals surface area contributed by atoms with Gasteiger partial charge in [0.25, 0.3) is 0 Å². The Morgan fingerprint density at radius 3 is 1.89 bits per heavy atom. The van der Waals surface area contributed by atoms with Crippen LogP contribution < -0.4 is 10.5 Å². The molecule has 0 bridgehead atoms. The van der Waals surface area contributed by atoms with Crippen molar-refractivity contribution in [1.82, 2.24) is 0 Å². The average molecular weight is 538 g/mol. The molecule has 11 heteroatoms. The van der Waals surface area contributed by atoms with Gasteiger partial charge in [-0.3, -0.25) is 4.72 Å². The predicted molar refractivity (Wildman–Crippen MR) is 114 cm³/mol. The molecule has 2 aromatic carbocycles. The molecular formula is C17H18Br2N2O6S. The first-order chi connectivity index (χ1) is 13.0. The molecule has 0 heterocycles. The number of rotatable bonds is 4. The number of esters is 2. The van der Waals surface area contributed by atoms with Gasteiger partial charge in [0.15, 0.2) is 0 Å². The van der Waals surface area contributed by atoms with E-state index in [1.165, 1.54) is 26.4 Å². The molecule has 0 atom stereocenters. The molecular weight excluding hydrogens is 520 g/mol. The van der Waals surface area contributed by atoms with Crippen molar-refractivity contribution in [2.24, 2.45) is 0 Å². The summed E-state index contributed by atoms with van der Waals surface area (Å²) in [4.78, 5) is 22.5. The maximum atomic E-state index is 11.4. The number of benzene rings is 2. The zero-order valence-corrected chi connectivity index (χ0v) is 19.1. The van der Waals surface area contributed by atoms with Crippen LogP contribution in [0.15, 0.2) is 45.3 Å². The van der Waals surface area contributed by atoms with Crippen molar-refractivity contribution in [2.75, 3.05) is 30.9 Å². The molecule has 0 radical (unpaired) electrons. The number of sulfonamides is 1. The van der Waals surface area contributed by atoms with E-state index in [4.69, 9.17) is 5.73 Å². The predicted octanol–water partition coefficient (Wildman–Crippen LogP) is 3.43. The molecule has 0 spiro atoms. The minimum atomic E-state index is -3.43. The average Bonchev–Trinajstić information content (AvgIpc) is 2.63. The molecule has 152 valence electrons. The third-order valence-electron chi connectivity index (χ3n) is 3.10. The SMILES string of the molecule is COC(=O)c1cc(Br)ccc1N.COC(=O)c1cc(Br)ccc1NS(C)(=O)=O. The number of nitrogens with one attached hydrogen (secondary N) is 1. The zero-order valence-electron chi connectivity index (χ0n) is 15.2. The normalized spacial score (nSPS) is 10.3. The lowest BCUT2D eigenvalue weighted by Crippen LogP contribution is -2.14. The van der Waals surface area contributed by atoms with Crippen molar-refractivity contribution in [3.05, 3.63) is 56.5 Å². The standard InChI is InChI=1S/C9H10BrNO4S.C8H8BrNO2/c1-15-9(12)7-5-6(10)3-4-8(7)11-16(2,13)14;1-12-8(11)6-4-5(9)2-3-7(6)10/h3-5,11H,1-2H3;2-4H,10H2,1H3. The van der Waals surface area contributed by atoms with Crippen LogP contribution in [0, 0.1) is 0 Å². The van der Waals surface area contributed by atoms with Crippen molar-refractivity contribution in [3.8, 4) is 0 Å². The smallest absolute Gasteiger partial charge is 0.340 e. The lowest BCUT2D eigenvalue weighted by molar-refractivity contribution is 0.0593. The molecule has 0 amide bonds. The second kappa shape index (κ2) is 10.4. The number of nitrogens with two attached hydrogens (primary N) is 1. The second-order valence-corrected chi connectivity index (χ2v) is 8.86. The quantitative estimate of drug-likeness (QED) is 0.452. The van der Waals surface area contributed by atoms with E-state index in [2.05, 4.69) is 46.1 Å². The van der Waals surface area contributed by atoms with Crippen LogP contribution in [-0.2, 0) is 19.5 Å². The molecule has 0 aliphatic heterocycles. The first-order valence-electron chi connectivity index (χ1n) is 7.47. The van der Waals surface area contributed by atoms with Crippen molar-refractivity contribution in [1.29, 1.82) is 0 Å². The number of anilines is 2. The van der Waals surface area contributed by atoms with E-state index in [-0.39, 0.29) is 11.3 Å². The molecule has 0 fully saturated rings. The lowest BCUT2D eigenvalue weighted by atomic mass is 10.2. The van der Waals surface area contributed by atoms with Crippen LogP contribution in [0.2, 0.25) is 0 Å². The summed E-state index contributed by atoms with van der Waals surface area (Å²) in [5.74, 6) is -1.03. The van der Waals surface area contributed by atoms with Gasteiger partial charge in [0.05, 0.1) is 37.3 Å². The molecule has 0 aromatic heterocycles. The van der Waals surface area contributed by atoms with Gasteiger partial charge >= 0.3 is 11.9 Å². The largest absolute Gasteiger partial charge is 0.465 e. The Kier molecular flexibility index (Phi) is 8.92. The van der Waals surface area contributed by atoms with E-state index in [0.717, 1.165) is 10.7 Å². The highest BCUT2D eigenvalue weighted by molar-refractivity contribution is 9.10. The van der Waals surface area contributed by atoms with Crippen molar-refractivity contribution < 1.29 is 27.5 Å². The Hall–Kier alpha value is -2.11. The zero-order chi connectivity index (χ0) is 21.5. The van der Waals surface area contributed by atoms with E-state index < -0.39 is 22.0 Å². The third-order valence-corrected chi connectivity index (χ3v) is 4.68. The van der Waals surface area contributed by atoms with Crippen LogP contribution >= 0.6 is 31.9 Å². The summed E-state index contributed by atoms with van der Waals surface area (Å²) in [7, 11) is -0.876. The first-order valence-corrected chi connectivity index (χ1v) is 10.9. The van der Waals surface area contributed by atoms with Crippen LogP contribution in [0.4, 0.5) is 11.4 Å². The van der Waals surface area contributed by atoms with Gasteiger partial charge < -0.3 is 15.2 Å².